The molecule has 0 aromatic heterocycles. The third kappa shape index (κ3) is 4.85. The van der Waals surface area contributed by atoms with E-state index in [0.29, 0.717) is 17.1 Å². The summed E-state index contributed by atoms with van der Waals surface area (Å²) in [5, 5.41) is 0. The van der Waals surface area contributed by atoms with Crippen molar-refractivity contribution < 1.29 is 13.2 Å². The van der Waals surface area contributed by atoms with E-state index in [4.69, 9.17) is 21.9 Å². The highest BCUT2D eigenvalue weighted by Gasteiger charge is 2.16. The zero-order valence-electron chi connectivity index (χ0n) is 13.4. The van der Waals surface area contributed by atoms with Crippen molar-refractivity contribution in [1.29, 1.82) is 0 Å². The summed E-state index contributed by atoms with van der Waals surface area (Å²) in [6, 6.07) is 12.4. The van der Waals surface area contributed by atoms with Gasteiger partial charge in [0.2, 0.25) is 5.96 Å². The van der Waals surface area contributed by atoms with Gasteiger partial charge in [0.15, 0.2) is 5.96 Å². The summed E-state index contributed by atoms with van der Waals surface area (Å²) in [5.74, 6) is 0.0570. The highest BCUT2D eigenvalue weighted by atomic mass is 32.2. The van der Waals surface area contributed by atoms with E-state index in [1.54, 1.807) is 24.3 Å². The first-order chi connectivity index (χ1) is 11.8. The van der Waals surface area contributed by atoms with Crippen LogP contribution in [-0.4, -0.2) is 27.4 Å². The number of para-hydroxylation sites is 2. The predicted octanol–water partition coefficient (Wildman–Crippen LogP) is 0.716. The first-order valence-corrected chi connectivity index (χ1v) is 8.50. The molecular weight excluding hydrogens is 344 g/mol. The van der Waals surface area contributed by atoms with Crippen LogP contribution < -0.4 is 26.7 Å². The fourth-order valence-electron chi connectivity index (χ4n) is 1.92. The number of benzene rings is 2. The van der Waals surface area contributed by atoms with Crippen LogP contribution in [0, 0.1) is 0 Å². The van der Waals surface area contributed by atoms with Gasteiger partial charge in [-0.05, 0) is 36.4 Å². The number of guanidine groups is 2. The molecule has 2 aromatic carbocycles. The molecule has 0 aliphatic heterocycles. The fourth-order valence-corrected chi connectivity index (χ4v) is 2.99. The summed E-state index contributed by atoms with van der Waals surface area (Å²) in [4.78, 5) is 7.57. The molecule has 7 N–H and O–H groups in total. The standard InChI is InChI=1S/C15H18N6O3S/c1-24-13-5-3-2-4-12(13)21-25(22,23)11-8-6-10(7-9-11)19-15(18)20-14(16)17/h2-9,21H,1H3,(H6,16,17,18,19,20). The van der Waals surface area contributed by atoms with E-state index in [1.807, 2.05) is 0 Å². The maximum absolute atomic E-state index is 12.5. The van der Waals surface area contributed by atoms with E-state index in [1.165, 1.54) is 31.4 Å². The molecule has 0 unspecified atom stereocenters. The quantitative estimate of drug-likeness (QED) is 0.453. The molecule has 0 amide bonds. The second-order valence-electron chi connectivity index (χ2n) is 4.81. The summed E-state index contributed by atoms with van der Waals surface area (Å²) in [5.41, 5.74) is 16.6. The van der Waals surface area contributed by atoms with Crippen molar-refractivity contribution in [2.45, 2.75) is 4.90 Å². The van der Waals surface area contributed by atoms with Crippen molar-refractivity contribution in [2.75, 3.05) is 11.8 Å². The van der Waals surface area contributed by atoms with Crippen LogP contribution in [0.25, 0.3) is 0 Å². The number of ether oxygens (including phenoxy) is 1. The van der Waals surface area contributed by atoms with Crippen LogP contribution >= 0.6 is 0 Å². The van der Waals surface area contributed by atoms with Crippen molar-refractivity contribution in [3.05, 3.63) is 48.5 Å². The topological polar surface area (TPSA) is 158 Å². The molecule has 0 bridgehead atoms. The van der Waals surface area contributed by atoms with Crippen molar-refractivity contribution in [3.8, 4) is 5.75 Å². The second-order valence-corrected chi connectivity index (χ2v) is 6.49. The molecule has 2 rings (SSSR count). The number of rotatable bonds is 5. The Bertz CT molecular complexity index is 903. The Kier molecular flexibility index (Phi) is 5.45. The van der Waals surface area contributed by atoms with E-state index in [-0.39, 0.29) is 16.8 Å². The first-order valence-electron chi connectivity index (χ1n) is 7.01. The minimum absolute atomic E-state index is 0.0535. The van der Waals surface area contributed by atoms with Gasteiger partial charge < -0.3 is 21.9 Å². The molecule has 0 fully saturated rings. The number of aliphatic imine (C=N–C) groups is 2. The third-order valence-corrected chi connectivity index (χ3v) is 4.37. The Morgan fingerprint density at radius 1 is 1.04 bits per heavy atom. The number of methoxy groups -OCH3 is 1. The molecule has 0 saturated carbocycles. The Morgan fingerprint density at radius 3 is 2.28 bits per heavy atom. The highest BCUT2D eigenvalue weighted by Crippen LogP contribution is 2.26. The van der Waals surface area contributed by atoms with Gasteiger partial charge in [0.1, 0.15) is 5.75 Å². The molecule has 0 aliphatic rings. The van der Waals surface area contributed by atoms with Crippen molar-refractivity contribution in [3.63, 3.8) is 0 Å². The minimum Gasteiger partial charge on any atom is -0.495 e. The summed E-state index contributed by atoms with van der Waals surface area (Å²) in [6.45, 7) is 0. The number of nitrogens with one attached hydrogen (secondary N) is 1. The Hall–Kier alpha value is -3.27. The van der Waals surface area contributed by atoms with Crippen LogP contribution in [0.4, 0.5) is 11.4 Å². The van der Waals surface area contributed by atoms with Gasteiger partial charge in [-0.2, -0.15) is 4.99 Å². The molecule has 10 heteroatoms. The lowest BCUT2D eigenvalue weighted by Crippen LogP contribution is -2.26. The lowest BCUT2D eigenvalue weighted by molar-refractivity contribution is 0.417. The molecule has 9 nitrogen and oxygen atoms in total. The van der Waals surface area contributed by atoms with Crippen molar-refractivity contribution >= 4 is 33.3 Å². The lowest BCUT2D eigenvalue weighted by Gasteiger charge is -2.11. The minimum atomic E-state index is -3.79. The molecule has 0 atom stereocenters. The van der Waals surface area contributed by atoms with E-state index < -0.39 is 10.0 Å². The summed E-state index contributed by atoms with van der Waals surface area (Å²) < 4.78 is 32.5. The van der Waals surface area contributed by atoms with Gasteiger partial charge in [-0.3, -0.25) is 4.72 Å². The average molecular weight is 362 g/mol. The van der Waals surface area contributed by atoms with E-state index >= 15 is 0 Å². The predicted molar refractivity (Wildman–Crippen MR) is 97.3 cm³/mol. The smallest absolute Gasteiger partial charge is 0.262 e. The molecule has 0 aliphatic carbocycles. The Balaban J connectivity index is 2.25. The molecule has 0 radical (unpaired) electrons. The normalized spacial score (nSPS) is 11.6. The molecular formula is C15H18N6O3S. The SMILES string of the molecule is COc1ccccc1NS(=O)(=O)c1ccc(N=C(N)N=C(N)N)cc1. The van der Waals surface area contributed by atoms with E-state index in [0.717, 1.165) is 0 Å². The zero-order valence-corrected chi connectivity index (χ0v) is 14.2. The van der Waals surface area contributed by atoms with E-state index in [2.05, 4.69) is 14.7 Å². The second kappa shape index (κ2) is 7.53. The summed E-state index contributed by atoms with van der Waals surface area (Å²) in [7, 11) is -2.33. The van der Waals surface area contributed by atoms with Gasteiger partial charge >= 0.3 is 0 Å². The summed E-state index contributed by atoms with van der Waals surface area (Å²) >= 11 is 0. The molecule has 132 valence electrons. The van der Waals surface area contributed by atoms with Crippen LogP contribution in [-0.2, 0) is 10.0 Å². The van der Waals surface area contributed by atoms with Gasteiger partial charge in [-0.25, -0.2) is 13.4 Å². The average Bonchev–Trinajstić information content (AvgIpc) is 2.54. The van der Waals surface area contributed by atoms with Crippen molar-refractivity contribution in [1.82, 2.24) is 0 Å². The molecule has 0 heterocycles. The first kappa shape index (κ1) is 18.1. The lowest BCUT2D eigenvalue weighted by atomic mass is 10.3. The number of sulfonamides is 1. The third-order valence-electron chi connectivity index (χ3n) is 2.99. The largest absolute Gasteiger partial charge is 0.495 e. The summed E-state index contributed by atoms with van der Waals surface area (Å²) in [6.07, 6.45) is 0. The van der Waals surface area contributed by atoms with Gasteiger partial charge in [-0.1, -0.05) is 12.1 Å². The number of hydrogen-bond donors (Lipinski definition) is 4. The van der Waals surface area contributed by atoms with Crippen LogP contribution in [0.2, 0.25) is 0 Å². The van der Waals surface area contributed by atoms with Crippen LogP contribution in [0.5, 0.6) is 5.75 Å². The van der Waals surface area contributed by atoms with Crippen LogP contribution in [0.1, 0.15) is 0 Å². The molecule has 2 aromatic rings. The number of anilines is 1. The Labute approximate surface area is 145 Å². The van der Waals surface area contributed by atoms with Crippen LogP contribution in [0.3, 0.4) is 0 Å². The maximum Gasteiger partial charge on any atom is 0.262 e. The zero-order chi connectivity index (χ0) is 18.4. The monoisotopic (exact) mass is 362 g/mol. The van der Waals surface area contributed by atoms with E-state index in [9.17, 15) is 8.42 Å². The molecule has 0 saturated heterocycles. The van der Waals surface area contributed by atoms with Crippen molar-refractivity contribution in [2.24, 2.45) is 27.2 Å². The number of hydrogen-bond acceptors (Lipinski definition) is 4. The highest BCUT2D eigenvalue weighted by molar-refractivity contribution is 7.92. The van der Waals surface area contributed by atoms with Gasteiger partial charge in [0.05, 0.1) is 23.4 Å². The molecule has 0 spiro atoms. The maximum atomic E-state index is 12.5. The van der Waals surface area contributed by atoms with Crippen LogP contribution in [0.15, 0.2) is 63.4 Å². The number of nitrogens with zero attached hydrogens (tertiary/aromatic N) is 2. The number of nitrogens with two attached hydrogens (primary N) is 3. The van der Waals surface area contributed by atoms with Gasteiger partial charge in [0.25, 0.3) is 10.0 Å². The molecule has 25 heavy (non-hydrogen) atoms. The fraction of sp³-hybridized carbons (Fsp3) is 0.0667. The van der Waals surface area contributed by atoms with Gasteiger partial charge in [-0.15, -0.1) is 0 Å². The van der Waals surface area contributed by atoms with Gasteiger partial charge in [0, 0.05) is 0 Å². The Morgan fingerprint density at radius 2 is 1.68 bits per heavy atom.